The van der Waals surface area contributed by atoms with Crippen LogP contribution in [0.25, 0.3) is 0 Å². The molecule has 1 aromatic rings. The Morgan fingerprint density at radius 3 is 1.43 bits per heavy atom. The number of rotatable bonds is 25. The lowest BCUT2D eigenvalue weighted by atomic mass is 9.95. The molecule has 0 radical (unpaired) electrons. The second-order valence-electron chi connectivity index (χ2n) is 10.6. The number of carboxylic acids is 1. The highest BCUT2D eigenvalue weighted by Crippen LogP contribution is 2.19. The Hall–Kier alpha value is -2.00. The Bertz CT molecular complexity index is 745. The van der Waals surface area contributed by atoms with E-state index in [1.54, 1.807) is 11.0 Å². The summed E-state index contributed by atoms with van der Waals surface area (Å²) in [4.78, 5) is 24.8. The van der Waals surface area contributed by atoms with Gasteiger partial charge in [0.1, 0.15) is 0 Å². The molecule has 0 fully saturated rings. The molecule has 0 spiro atoms. The van der Waals surface area contributed by atoms with Crippen LogP contribution in [0.5, 0.6) is 0 Å². The van der Waals surface area contributed by atoms with Gasteiger partial charge in [-0.3, -0.25) is 9.69 Å². The minimum Gasteiger partial charge on any atom is -0.478 e. The van der Waals surface area contributed by atoms with Crippen molar-refractivity contribution in [3.8, 4) is 0 Å². The van der Waals surface area contributed by atoms with E-state index >= 15 is 0 Å². The molecule has 1 amide bonds. The van der Waals surface area contributed by atoms with Crippen LogP contribution >= 0.6 is 0 Å². The van der Waals surface area contributed by atoms with Crippen LogP contribution in [0.4, 0.5) is 0 Å². The molecule has 0 bridgehead atoms. The summed E-state index contributed by atoms with van der Waals surface area (Å²) in [6.45, 7) is 4.02. The number of primary amides is 1. The number of carboxylic acid groups (broad SMARTS) is 1. The van der Waals surface area contributed by atoms with E-state index in [1.807, 2.05) is 6.07 Å². The fourth-order valence-electron chi connectivity index (χ4n) is 4.90. The van der Waals surface area contributed by atoms with Gasteiger partial charge in [-0.2, -0.15) is 0 Å². The molecule has 1 aromatic carbocycles. The number of nitrogens with zero attached hydrogens (tertiary/aromatic N) is 1. The summed E-state index contributed by atoms with van der Waals surface area (Å²) in [7, 11) is 0. The van der Waals surface area contributed by atoms with E-state index in [1.165, 1.54) is 96.0 Å². The number of aromatic carboxylic acids is 1. The SMILES string of the molecule is CCCCCCCCCCCCCCCCCCc1cccc(C(=O)O)c1C(N)=O.OCCN(CCO)CCO. The molecular weight excluding hydrogens is 508 g/mol. The van der Waals surface area contributed by atoms with Gasteiger partial charge in [0.25, 0.3) is 0 Å². The monoisotopic (exact) mass is 566 g/mol. The number of hydrogen-bond donors (Lipinski definition) is 5. The molecule has 0 aliphatic carbocycles. The lowest BCUT2D eigenvalue weighted by Gasteiger charge is -2.17. The molecule has 40 heavy (non-hydrogen) atoms. The first kappa shape index (κ1) is 38.0. The molecular formula is C32H58N2O6. The zero-order chi connectivity index (χ0) is 29.8. The predicted molar refractivity (Wildman–Crippen MR) is 163 cm³/mol. The Balaban J connectivity index is 0.00000129. The van der Waals surface area contributed by atoms with Crippen LogP contribution in [-0.4, -0.2) is 76.7 Å². The third-order valence-electron chi connectivity index (χ3n) is 7.18. The number of benzene rings is 1. The number of aliphatic hydroxyl groups excluding tert-OH is 3. The Labute approximate surface area is 243 Å². The first-order chi connectivity index (χ1) is 19.4. The third kappa shape index (κ3) is 20.0. The van der Waals surface area contributed by atoms with E-state index in [9.17, 15) is 14.7 Å². The smallest absolute Gasteiger partial charge is 0.336 e. The quantitative estimate of drug-likeness (QED) is 0.0976. The molecule has 0 saturated carbocycles. The highest BCUT2D eigenvalue weighted by Gasteiger charge is 2.17. The highest BCUT2D eigenvalue weighted by molar-refractivity contribution is 6.05. The van der Waals surface area contributed by atoms with Gasteiger partial charge in [0.05, 0.1) is 30.9 Å². The van der Waals surface area contributed by atoms with Gasteiger partial charge < -0.3 is 26.2 Å². The lowest BCUT2D eigenvalue weighted by molar-refractivity contribution is 0.0691. The van der Waals surface area contributed by atoms with Crippen LogP contribution in [0, 0.1) is 0 Å². The number of aryl methyl sites for hydroxylation is 1. The summed E-state index contributed by atoms with van der Waals surface area (Å²) in [6.07, 6.45) is 21.8. The normalized spacial score (nSPS) is 10.9. The second kappa shape index (κ2) is 27.2. The van der Waals surface area contributed by atoms with Gasteiger partial charge in [0.2, 0.25) is 5.91 Å². The number of hydrogen-bond acceptors (Lipinski definition) is 6. The van der Waals surface area contributed by atoms with Crippen LogP contribution in [0.15, 0.2) is 18.2 Å². The molecule has 0 aromatic heterocycles. The zero-order valence-electron chi connectivity index (χ0n) is 25.1. The van der Waals surface area contributed by atoms with E-state index in [2.05, 4.69) is 6.92 Å². The number of amides is 1. The highest BCUT2D eigenvalue weighted by atomic mass is 16.4. The van der Waals surface area contributed by atoms with Crippen molar-refractivity contribution in [3.05, 3.63) is 34.9 Å². The van der Waals surface area contributed by atoms with Crippen LogP contribution in [0.1, 0.15) is 136 Å². The molecule has 1 rings (SSSR count). The van der Waals surface area contributed by atoms with Crippen molar-refractivity contribution in [1.82, 2.24) is 4.90 Å². The summed E-state index contributed by atoms with van der Waals surface area (Å²) in [6, 6.07) is 4.95. The second-order valence-corrected chi connectivity index (χ2v) is 10.6. The number of nitrogens with two attached hydrogens (primary N) is 1. The first-order valence-corrected chi connectivity index (χ1v) is 15.6. The summed E-state index contributed by atoms with van der Waals surface area (Å²) >= 11 is 0. The fourth-order valence-corrected chi connectivity index (χ4v) is 4.90. The van der Waals surface area contributed by atoms with Crippen molar-refractivity contribution in [3.63, 3.8) is 0 Å². The maximum atomic E-state index is 11.7. The maximum Gasteiger partial charge on any atom is 0.336 e. The van der Waals surface area contributed by atoms with Gasteiger partial charge in [-0.05, 0) is 24.5 Å². The molecule has 0 aliphatic heterocycles. The van der Waals surface area contributed by atoms with Crippen molar-refractivity contribution >= 4 is 11.9 Å². The van der Waals surface area contributed by atoms with Gasteiger partial charge >= 0.3 is 5.97 Å². The number of unbranched alkanes of at least 4 members (excludes halogenated alkanes) is 15. The van der Waals surface area contributed by atoms with Crippen molar-refractivity contribution in [2.75, 3.05) is 39.5 Å². The molecule has 8 heteroatoms. The van der Waals surface area contributed by atoms with E-state index in [4.69, 9.17) is 21.1 Å². The number of carbonyl (C=O) groups is 2. The molecule has 0 saturated heterocycles. The third-order valence-corrected chi connectivity index (χ3v) is 7.18. The van der Waals surface area contributed by atoms with Crippen LogP contribution in [-0.2, 0) is 6.42 Å². The van der Waals surface area contributed by atoms with E-state index < -0.39 is 11.9 Å². The minimum absolute atomic E-state index is 0.0106. The molecule has 232 valence electrons. The lowest BCUT2D eigenvalue weighted by Crippen LogP contribution is -2.32. The van der Waals surface area contributed by atoms with Gasteiger partial charge in [-0.1, -0.05) is 115 Å². The van der Waals surface area contributed by atoms with Crippen molar-refractivity contribution in [2.24, 2.45) is 5.73 Å². The number of carbonyl (C=O) groups excluding carboxylic acids is 1. The van der Waals surface area contributed by atoms with E-state index in [0.29, 0.717) is 26.1 Å². The average molecular weight is 567 g/mol. The zero-order valence-corrected chi connectivity index (χ0v) is 25.1. The summed E-state index contributed by atoms with van der Waals surface area (Å²) in [5.74, 6) is -1.75. The minimum atomic E-state index is -1.10. The Kier molecular flexibility index (Phi) is 25.8. The van der Waals surface area contributed by atoms with Crippen molar-refractivity contribution in [2.45, 2.75) is 116 Å². The fraction of sp³-hybridized carbons (Fsp3) is 0.750. The first-order valence-electron chi connectivity index (χ1n) is 15.6. The van der Waals surface area contributed by atoms with Crippen LogP contribution < -0.4 is 5.73 Å². The molecule has 6 N–H and O–H groups in total. The molecule has 0 aliphatic rings. The molecule has 0 atom stereocenters. The summed E-state index contributed by atoms with van der Waals surface area (Å²) in [5, 5.41) is 34.7. The van der Waals surface area contributed by atoms with Gasteiger partial charge in [0, 0.05) is 19.6 Å². The summed E-state index contributed by atoms with van der Waals surface area (Å²) < 4.78 is 0. The topological polar surface area (TPSA) is 144 Å². The van der Waals surface area contributed by atoms with Crippen molar-refractivity contribution < 1.29 is 30.0 Å². The Morgan fingerprint density at radius 2 is 1.07 bits per heavy atom. The maximum absolute atomic E-state index is 11.7. The van der Waals surface area contributed by atoms with Crippen molar-refractivity contribution in [1.29, 1.82) is 0 Å². The van der Waals surface area contributed by atoms with Gasteiger partial charge in [-0.15, -0.1) is 0 Å². The largest absolute Gasteiger partial charge is 0.478 e. The average Bonchev–Trinajstić information content (AvgIpc) is 2.93. The predicted octanol–water partition coefficient (Wildman–Crippen LogP) is 5.55. The molecule has 8 nitrogen and oxygen atoms in total. The van der Waals surface area contributed by atoms with E-state index in [0.717, 1.165) is 18.4 Å². The summed E-state index contributed by atoms with van der Waals surface area (Å²) in [5.41, 5.74) is 6.35. The molecule has 0 unspecified atom stereocenters. The molecule has 0 heterocycles. The van der Waals surface area contributed by atoms with E-state index in [-0.39, 0.29) is 30.9 Å². The van der Waals surface area contributed by atoms with Gasteiger partial charge in [-0.25, -0.2) is 4.79 Å². The van der Waals surface area contributed by atoms with Crippen LogP contribution in [0.2, 0.25) is 0 Å². The standard InChI is InChI=1S/C26H43NO3.C6H15NO3/c1-2-3-4-5-6-7-8-9-10-11-12-13-14-15-16-17-19-22-20-18-21-23(26(29)30)24(22)25(27)28;8-4-1-7(2-5-9)3-6-10/h18,20-21H,2-17,19H2,1H3,(H2,27,28)(H,29,30);8-10H,1-6H2. The van der Waals surface area contributed by atoms with Gasteiger partial charge in [0.15, 0.2) is 0 Å². The number of aliphatic hydroxyl groups is 3. The van der Waals surface area contributed by atoms with Crippen LogP contribution in [0.3, 0.4) is 0 Å². The Morgan fingerprint density at radius 1 is 0.675 bits per heavy atom.